The molecule has 2 aromatic rings. The van der Waals surface area contributed by atoms with Gasteiger partial charge in [0.1, 0.15) is 17.9 Å². The minimum atomic E-state index is -0.383. The maximum Gasteiger partial charge on any atom is 0.336 e. The molecule has 6 heteroatoms. The predicted molar refractivity (Wildman–Crippen MR) is 76.7 cm³/mol. The lowest BCUT2D eigenvalue weighted by molar-refractivity contribution is 0.0247. The number of hydrogen-bond donors (Lipinski definition) is 1. The summed E-state index contributed by atoms with van der Waals surface area (Å²) >= 11 is 0. The Morgan fingerprint density at radius 2 is 1.67 bits per heavy atom. The van der Waals surface area contributed by atoms with Crippen molar-refractivity contribution in [3.63, 3.8) is 0 Å². The smallest absolute Gasteiger partial charge is 0.336 e. The molecule has 0 amide bonds. The van der Waals surface area contributed by atoms with E-state index in [1.165, 1.54) is 6.07 Å². The second-order valence-corrected chi connectivity index (χ2v) is 4.25. The van der Waals surface area contributed by atoms with Crippen molar-refractivity contribution in [3.8, 4) is 5.75 Å². The van der Waals surface area contributed by atoms with Crippen LogP contribution in [0.1, 0.15) is 0 Å². The molecule has 1 heterocycles. The summed E-state index contributed by atoms with van der Waals surface area (Å²) in [5.41, 5.74) is 0.115. The van der Waals surface area contributed by atoms with Crippen LogP contribution in [0, 0.1) is 0 Å². The lowest BCUT2D eigenvalue weighted by Gasteiger charge is -2.08. The lowest BCUT2D eigenvalue weighted by Crippen LogP contribution is -2.11. The summed E-state index contributed by atoms with van der Waals surface area (Å²) in [6.07, 6.45) is 0. The standard InChI is InChI=1S/C15H18O6/c16-5-6-18-7-8-19-9-10-20-13-3-1-12-2-4-15(17)21-14(12)11-13/h1-4,11,16H,5-10H2. The largest absolute Gasteiger partial charge is 0.491 e. The van der Waals surface area contributed by atoms with Gasteiger partial charge >= 0.3 is 5.63 Å². The first-order chi connectivity index (χ1) is 10.3. The summed E-state index contributed by atoms with van der Waals surface area (Å²) in [7, 11) is 0. The molecule has 0 fully saturated rings. The normalized spacial score (nSPS) is 10.9. The Bertz CT molecular complexity index is 606. The molecule has 0 aliphatic heterocycles. The van der Waals surface area contributed by atoms with E-state index in [0.717, 1.165) is 5.39 Å². The van der Waals surface area contributed by atoms with E-state index in [-0.39, 0.29) is 12.2 Å². The van der Waals surface area contributed by atoms with E-state index in [1.54, 1.807) is 12.1 Å². The Labute approximate surface area is 121 Å². The zero-order valence-electron chi connectivity index (χ0n) is 11.6. The molecule has 0 saturated carbocycles. The van der Waals surface area contributed by atoms with Crippen LogP contribution in [0.4, 0.5) is 0 Å². The van der Waals surface area contributed by atoms with Crippen molar-refractivity contribution in [3.05, 3.63) is 40.8 Å². The van der Waals surface area contributed by atoms with Crippen LogP contribution in [-0.2, 0) is 9.47 Å². The van der Waals surface area contributed by atoms with Gasteiger partial charge in [0, 0.05) is 17.5 Å². The molecule has 0 spiro atoms. The maximum absolute atomic E-state index is 11.1. The van der Waals surface area contributed by atoms with Gasteiger partial charge in [-0.1, -0.05) is 0 Å². The molecular formula is C15H18O6. The topological polar surface area (TPSA) is 78.1 Å². The summed E-state index contributed by atoms with van der Waals surface area (Å²) in [4.78, 5) is 11.1. The van der Waals surface area contributed by atoms with E-state index < -0.39 is 0 Å². The van der Waals surface area contributed by atoms with Crippen molar-refractivity contribution in [1.82, 2.24) is 0 Å². The van der Waals surface area contributed by atoms with Crippen molar-refractivity contribution >= 4 is 11.0 Å². The number of fused-ring (bicyclic) bond motifs is 1. The van der Waals surface area contributed by atoms with Crippen LogP contribution in [0.5, 0.6) is 5.75 Å². The van der Waals surface area contributed by atoms with Crippen LogP contribution in [0.25, 0.3) is 11.0 Å². The molecule has 0 radical (unpaired) electrons. The first-order valence-corrected chi connectivity index (χ1v) is 6.72. The Balaban J connectivity index is 1.72. The third-order valence-electron chi connectivity index (χ3n) is 2.70. The van der Waals surface area contributed by atoms with Gasteiger partial charge in [0.05, 0.1) is 33.0 Å². The molecule has 6 nitrogen and oxygen atoms in total. The molecule has 2 rings (SSSR count). The van der Waals surface area contributed by atoms with Crippen molar-refractivity contribution in [1.29, 1.82) is 0 Å². The summed E-state index contributed by atoms with van der Waals surface area (Å²) < 4.78 is 20.9. The van der Waals surface area contributed by atoms with Crippen molar-refractivity contribution < 1.29 is 23.7 Å². The minimum absolute atomic E-state index is 0.0151. The van der Waals surface area contributed by atoms with Gasteiger partial charge in [0.2, 0.25) is 0 Å². The van der Waals surface area contributed by atoms with E-state index in [4.69, 9.17) is 23.7 Å². The van der Waals surface area contributed by atoms with Crippen LogP contribution in [0.15, 0.2) is 39.5 Å². The highest BCUT2D eigenvalue weighted by atomic mass is 16.5. The number of hydrogen-bond acceptors (Lipinski definition) is 6. The average Bonchev–Trinajstić information content (AvgIpc) is 2.49. The number of aliphatic hydroxyl groups is 1. The van der Waals surface area contributed by atoms with Gasteiger partial charge < -0.3 is 23.7 Å². The molecule has 0 aliphatic carbocycles. The molecular weight excluding hydrogens is 276 g/mol. The Morgan fingerprint density at radius 3 is 2.48 bits per heavy atom. The Hall–Kier alpha value is -1.89. The fraction of sp³-hybridized carbons (Fsp3) is 0.400. The SMILES string of the molecule is O=c1ccc2ccc(OCCOCCOCCO)cc2o1. The first kappa shape index (κ1) is 15.5. The van der Waals surface area contributed by atoms with Crippen LogP contribution < -0.4 is 10.4 Å². The molecule has 0 saturated heterocycles. The molecule has 0 atom stereocenters. The molecule has 114 valence electrons. The van der Waals surface area contributed by atoms with E-state index in [2.05, 4.69) is 0 Å². The Kier molecular flexibility index (Phi) is 6.21. The average molecular weight is 294 g/mol. The fourth-order valence-corrected chi connectivity index (χ4v) is 1.74. The molecule has 1 N–H and O–H groups in total. The van der Waals surface area contributed by atoms with Gasteiger partial charge in [-0.3, -0.25) is 0 Å². The zero-order chi connectivity index (χ0) is 14.9. The second kappa shape index (κ2) is 8.41. The van der Waals surface area contributed by atoms with Crippen molar-refractivity contribution in [2.45, 2.75) is 0 Å². The van der Waals surface area contributed by atoms with Gasteiger partial charge in [-0.05, 0) is 18.2 Å². The second-order valence-electron chi connectivity index (χ2n) is 4.25. The number of ether oxygens (including phenoxy) is 3. The van der Waals surface area contributed by atoms with Crippen LogP contribution >= 0.6 is 0 Å². The molecule has 21 heavy (non-hydrogen) atoms. The highest BCUT2D eigenvalue weighted by molar-refractivity contribution is 5.77. The first-order valence-electron chi connectivity index (χ1n) is 6.72. The summed E-state index contributed by atoms with van der Waals surface area (Å²) in [5.74, 6) is 0.622. The van der Waals surface area contributed by atoms with E-state index in [1.807, 2.05) is 12.1 Å². The predicted octanol–water partition coefficient (Wildman–Crippen LogP) is 1.20. The van der Waals surface area contributed by atoms with Gasteiger partial charge in [0.15, 0.2) is 0 Å². The van der Waals surface area contributed by atoms with E-state index in [0.29, 0.717) is 44.4 Å². The maximum atomic E-state index is 11.1. The van der Waals surface area contributed by atoms with E-state index in [9.17, 15) is 4.79 Å². The fourth-order valence-electron chi connectivity index (χ4n) is 1.74. The van der Waals surface area contributed by atoms with Crippen LogP contribution in [0.3, 0.4) is 0 Å². The zero-order valence-corrected chi connectivity index (χ0v) is 11.6. The third kappa shape index (κ3) is 5.18. The number of rotatable bonds is 9. The third-order valence-corrected chi connectivity index (χ3v) is 2.70. The van der Waals surface area contributed by atoms with Gasteiger partial charge in [-0.15, -0.1) is 0 Å². The Morgan fingerprint density at radius 1 is 0.952 bits per heavy atom. The molecule has 1 aromatic carbocycles. The quantitative estimate of drug-likeness (QED) is 0.553. The molecule has 0 unspecified atom stereocenters. The summed E-state index contributed by atoms with van der Waals surface area (Å²) in [6.45, 7) is 2.06. The monoisotopic (exact) mass is 294 g/mol. The van der Waals surface area contributed by atoms with Crippen molar-refractivity contribution in [2.24, 2.45) is 0 Å². The summed E-state index contributed by atoms with van der Waals surface area (Å²) in [6, 6.07) is 8.42. The lowest BCUT2D eigenvalue weighted by atomic mass is 10.2. The highest BCUT2D eigenvalue weighted by Gasteiger charge is 2.00. The van der Waals surface area contributed by atoms with E-state index >= 15 is 0 Å². The number of benzene rings is 1. The highest BCUT2D eigenvalue weighted by Crippen LogP contribution is 2.19. The molecule has 0 aliphatic rings. The summed E-state index contributed by atoms with van der Waals surface area (Å²) in [5, 5.41) is 9.36. The van der Waals surface area contributed by atoms with Gasteiger partial charge in [-0.2, -0.15) is 0 Å². The van der Waals surface area contributed by atoms with Gasteiger partial charge in [0.25, 0.3) is 0 Å². The number of aliphatic hydroxyl groups excluding tert-OH is 1. The molecule has 1 aromatic heterocycles. The van der Waals surface area contributed by atoms with Crippen LogP contribution in [0.2, 0.25) is 0 Å². The van der Waals surface area contributed by atoms with Crippen molar-refractivity contribution in [2.75, 3.05) is 39.6 Å². The van der Waals surface area contributed by atoms with Gasteiger partial charge in [-0.25, -0.2) is 4.79 Å². The molecule has 0 bridgehead atoms. The minimum Gasteiger partial charge on any atom is -0.491 e. The van der Waals surface area contributed by atoms with Crippen LogP contribution in [-0.4, -0.2) is 44.7 Å².